The molecule has 1 aromatic rings. The fraction of sp³-hybridized carbons (Fsp3) is 0.667. The SMILES string of the molecule is CC(C)(C)c1cssssss1. The average molecular weight is 275 g/mol. The Morgan fingerprint density at radius 3 is 2.33 bits per heavy atom. The average Bonchev–Trinajstić information content (AvgIpc) is 1.81. The van der Waals surface area contributed by atoms with E-state index in [4.69, 9.17) is 0 Å². The summed E-state index contributed by atoms with van der Waals surface area (Å²) in [6.07, 6.45) is 0. The first kappa shape index (κ1) is 11.1. The van der Waals surface area contributed by atoms with Gasteiger partial charge in [-0.1, -0.05) is 41.5 Å². The molecule has 0 spiro atoms. The van der Waals surface area contributed by atoms with Gasteiger partial charge in [-0.3, -0.25) is 0 Å². The predicted molar refractivity (Wildman–Crippen MR) is 67.7 cm³/mol. The molecule has 0 N–H and O–H groups in total. The van der Waals surface area contributed by atoms with Gasteiger partial charge in [0.05, 0.1) is 0 Å². The molecule has 0 atom stereocenters. The second kappa shape index (κ2) is 5.07. The lowest BCUT2D eigenvalue weighted by Gasteiger charge is -2.15. The van der Waals surface area contributed by atoms with Crippen LogP contribution in [0.1, 0.15) is 25.6 Å². The van der Waals surface area contributed by atoms with E-state index < -0.39 is 0 Å². The first-order valence-electron chi connectivity index (χ1n) is 3.31. The van der Waals surface area contributed by atoms with E-state index in [1.165, 1.54) is 4.88 Å². The maximum Gasteiger partial charge on any atom is 0.0321 e. The summed E-state index contributed by atoms with van der Waals surface area (Å²) < 4.78 is 0. The Morgan fingerprint density at radius 2 is 1.67 bits per heavy atom. The molecule has 1 aromatic heterocycles. The fourth-order valence-corrected chi connectivity index (χ4v) is 12.4. The second-order valence-corrected chi connectivity index (χ2v) is 12.4. The van der Waals surface area contributed by atoms with Crippen molar-refractivity contribution in [2.75, 3.05) is 0 Å². The summed E-state index contributed by atoms with van der Waals surface area (Å²) in [5, 5.41) is 2.27. The van der Waals surface area contributed by atoms with Gasteiger partial charge in [-0.2, -0.15) is 0 Å². The van der Waals surface area contributed by atoms with Gasteiger partial charge in [0.15, 0.2) is 0 Å². The summed E-state index contributed by atoms with van der Waals surface area (Å²) in [4.78, 5) is 1.47. The molecule has 6 heteroatoms. The first-order valence-corrected chi connectivity index (χ1v) is 10.9. The number of rotatable bonds is 0. The Hall–Kier alpha value is 1.06. The lowest BCUT2D eigenvalue weighted by Crippen LogP contribution is -2.07. The van der Waals surface area contributed by atoms with Crippen LogP contribution in [0.15, 0.2) is 5.38 Å². The Balaban J connectivity index is 3.12. The highest BCUT2D eigenvalue weighted by Crippen LogP contribution is 2.31. The summed E-state index contributed by atoms with van der Waals surface area (Å²) >= 11 is 0. The number of hydrogen-bond acceptors (Lipinski definition) is 6. The van der Waals surface area contributed by atoms with Crippen molar-refractivity contribution in [3.05, 3.63) is 10.3 Å². The van der Waals surface area contributed by atoms with Gasteiger partial charge >= 0.3 is 0 Å². The summed E-state index contributed by atoms with van der Waals surface area (Å²) in [7, 11) is 11.1. The van der Waals surface area contributed by atoms with Gasteiger partial charge in [-0.25, -0.2) is 0 Å². The van der Waals surface area contributed by atoms with E-state index in [0.717, 1.165) is 0 Å². The van der Waals surface area contributed by atoms with E-state index in [9.17, 15) is 0 Å². The van der Waals surface area contributed by atoms with E-state index in [2.05, 4.69) is 26.2 Å². The molecule has 1 heterocycles. The molecule has 0 aliphatic heterocycles. The maximum atomic E-state index is 2.27. The van der Waals surface area contributed by atoms with Gasteiger partial charge in [0, 0.05) is 10.3 Å². The molecular formula is C6H10S6. The number of hydrogen-bond donors (Lipinski definition) is 0. The molecule has 0 aromatic carbocycles. The third-order valence-electron chi connectivity index (χ3n) is 1.14. The zero-order chi connectivity index (χ0) is 9.03. The van der Waals surface area contributed by atoms with Crippen molar-refractivity contribution >= 4 is 58.1 Å². The van der Waals surface area contributed by atoms with Crippen LogP contribution in [0, 0.1) is 0 Å². The van der Waals surface area contributed by atoms with Gasteiger partial charge in [0.2, 0.25) is 0 Å². The lowest BCUT2D eigenvalue weighted by molar-refractivity contribution is 0.605. The highest BCUT2D eigenvalue weighted by molar-refractivity contribution is 8.19. The molecule has 0 aliphatic rings. The molecule has 0 amide bonds. The van der Waals surface area contributed by atoms with Crippen molar-refractivity contribution in [1.82, 2.24) is 0 Å². The van der Waals surface area contributed by atoms with Crippen molar-refractivity contribution in [2.45, 2.75) is 26.2 Å². The van der Waals surface area contributed by atoms with Gasteiger partial charge in [-0.15, -0.1) is 0 Å². The predicted octanol–water partition coefficient (Wildman–Crippen LogP) is 5.60. The molecular weight excluding hydrogens is 264 g/mol. The molecule has 0 saturated heterocycles. The van der Waals surface area contributed by atoms with Crippen molar-refractivity contribution < 1.29 is 0 Å². The van der Waals surface area contributed by atoms with Gasteiger partial charge < -0.3 is 0 Å². The van der Waals surface area contributed by atoms with Crippen LogP contribution >= 0.6 is 58.1 Å². The molecule has 12 heavy (non-hydrogen) atoms. The fourth-order valence-electron chi connectivity index (χ4n) is 0.474. The normalized spacial score (nSPS) is 10.9. The molecule has 1 rings (SSSR count). The van der Waals surface area contributed by atoms with Crippen molar-refractivity contribution in [3.63, 3.8) is 0 Å². The van der Waals surface area contributed by atoms with Crippen LogP contribution in [0.3, 0.4) is 0 Å². The van der Waals surface area contributed by atoms with Gasteiger partial charge in [0.25, 0.3) is 0 Å². The standard InChI is InChI=1S/C6H10S6/c1-6(2,3)5-4-7-9-11-12-10-8-5/h4H,1-3H3. The minimum absolute atomic E-state index is 0.299. The topological polar surface area (TPSA) is 0 Å². The van der Waals surface area contributed by atoms with Crippen LogP contribution in [-0.4, -0.2) is 0 Å². The van der Waals surface area contributed by atoms with Crippen molar-refractivity contribution in [2.24, 2.45) is 0 Å². The highest BCUT2D eigenvalue weighted by Gasteiger charge is 2.13. The highest BCUT2D eigenvalue weighted by atomic mass is 33.5. The summed E-state index contributed by atoms with van der Waals surface area (Å²) in [6, 6.07) is 0. The Kier molecular flexibility index (Phi) is 4.70. The zero-order valence-corrected chi connectivity index (χ0v) is 11.9. The lowest BCUT2D eigenvalue weighted by atomic mass is 9.96. The summed E-state index contributed by atoms with van der Waals surface area (Å²) in [5.41, 5.74) is 0.299. The van der Waals surface area contributed by atoms with E-state index in [-0.39, 0.29) is 0 Å². The summed E-state index contributed by atoms with van der Waals surface area (Å²) in [5.74, 6) is 0. The molecule has 0 aliphatic carbocycles. The molecule has 70 valence electrons. The largest absolute Gasteiger partial charge is 0.0759 e. The third-order valence-corrected chi connectivity index (χ3v) is 11.9. The third kappa shape index (κ3) is 3.85. The molecule has 0 bridgehead atoms. The van der Waals surface area contributed by atoms with Crippen molar-refractivity contribution in [1.29, 1.82) is 0 Å². The van der Waals surface area contributed by atoms with Gasteiger partial charge in [0.1, 0.15) is 0 Å². The van der Waals surface area contributed by atoms with E-state index in [1.807, 2.05) is 58.1 Å². The maximum absolute atomic E-state index is 2.27. The Morgan fingerprint density at radius 1 is 1.00 bits per heavy atom. The minimum atomic E-state index is 0.299. The second-order valence-electron chi connectivity index (χ2n) is 3.18. The van der Waals surface area contributed by atoms with E-state index in [1.54, 1.807) is 0 Å². The molecule has 0 saturated carbocycles. The van der Waals surface area contributed by atoms with E-state index in [0.29, 0.717) is 5.41 Å². The smallest absolute Gasteiger partial charge is 0.0321 e. The van der Waals surface area contributed by atoms with Gasteiger partial charge in [-0.05, 0) is 42.8 Å². The molecule has 0 nitrogen and oxygen atoms in total. The molecule has 0 fully saturated rings. The van der Waals surface area contributed by atoms with Crippen LogP contribution in [0.25, 0.3) is 0 Å². The van der Waals surface area contributed by atoms with Crippen LogP contribution in [0.4, 0.5) is 0 Å². The minimum Gasteiger partial charge on any atom is -0.0759 e. The molecule has 0 radical (unpaired) electrons. The Labute approximate surface area is 93.7 Å². The molecule has 0 unspecified atom stereocenters. The van der Waals surface area contributed by atoms with Crippen LogP contribution < -0.4 is 0 Å². The van der Waals surface area contributed by atoms with Crippen LogP contribution in [0.2, 0.25) is 0 Å². The van der Waals surface area contributed by atoms with E-state index >= 15 is 0 Å². The Bertz CT molecular complexity index is 259. The van der Waals surface area contributed by atoms with Crippen LogP contribution in [-0.2, 0) is 5.41 Å². The summed E-state index contributed by atoms with van der Waals surface area (Å²) in [6.45, 7) is 6.78. The quantitative estimate of drug-likeness (QED) is 0.540. The first-order chi connectivity index (χ1) is 5.61. The zero-order valence-electron chi connectivity index (χ0n) is 7.03. The monoisotopic (exact) mass is 274 g/mol. The van der Waals surface area contributed by atoms with Crippen LogP contribution in [0.5, 0.6) is 0 Å². The van der Waals surface area contributed by atoms with Crippen molar-refractivity contribution in [3.8, 4) is 0 Å².